The first-order chi connectivity index (χ1) is 7.88. The van der Waals surface area contributed by atoms with Gasteiger partial charge < -0.3 is 14.6 Å². The summed E-state index contributed by atoms with van der Waals surface area (Å²) in [6.45, 7) is 9.25. The average Bonchev–Trinajstić information content (AvgIpc) is 2.72. The summed E-state index contributed by atoms with van der Waals surface area (Å²) in [6, 6.07) is 0. The van der Waals surface area contributed by atoms with Crippen LogP contribution < -0.4 is 5.32 Å². The number of aromatic nitrogens is 2. The summed E-state index contributed by atoms with van der Waals surface area (Å²) in [5, 5.41) is 3.37. The predicted octanol–water partition coefficient (Wildman–Crippen LogP) is 1.93. The van der Waals surface area contributed by atoms with Crippen molar-refractivity contribution >= 4 is 0 Å². The summed E-state index contributed by atoms with van der Waals surface area (Å²) >= 11 is 0. The van der Waals surface area contributed by atoms with Gasteiger partial charge in [0, 0.05) is 19.3 Å². The van der Waals surface area contributed by atoms with Gasteiger partial charge in [-0.3, -0.25) is 0 Å². The lowest BCUT2D eigenvalue weighted by Gasteiger charge is -2.07. The van der Waals surface area contributed by atoms with Crippen LogP contribution in [0.15, 0.2) is 25.4 Å². The van der Waals surface area contributed by atoms with Crippen LogP contribution in [0.5, 0.6) is 0 Å². The van der Waals surface area contributed by atoms with Gasteiger partial charge in [0.1, 0.15) is 0 Å². The second-order valence-corrected chi connectivity index (χ2v) is 3.65. The van der Waals surface area contributed by atoms with Gasteiger partial charge in [-0.25, -0.2) is 4.98 Å². The number of imidazole rings is 1. The molecule has 0 spiro atoms. The molecule has 0 aliphatic carbocycles. The Morgan fingerprint density at radius 1 is 1.62 bits per heavy atom. The number of hydrogen-bond acceptors (Lipinski definition) is 3. The molecule has 0 aliphatic heterocycles. The number of nitrogens with zero attached hydrogens (tertiary/aromatic N) is 2. The number of ether oxygens (including phenoxy) is 1. The quantitative estimate of drug-likeness (QED) is 0.513. The van der Waals surface area contributed by atoms with Crippen LogP contribution in [0.25, 0.3) is 0 Å². The fraction of sp³-hybridized carbons (Fsp3) is 0.583. The van der Waals surface area contributed by atoms with Crippen molar-refractivity contribution in [2.75, 3.05) is 13.2 Å². The van der Waals surface area contributed by atoms with E-state index in [1.54, 1.807) is 0 Å². The highest BCUT2D eigenvalue weighted by Crippen LogP contribution is 2.00. The molecule has 0 saturated carbocycles. The van der Waals surface area contributed by atoms with Crippen LogP contribution in [-0.4, -0.2) is 22.7 Å². The SMILES string of the molecule is C=COCCCNCc1cncn1CCC. The van der Waals surface area contributed by atoms with E-state index in [4.69, 9.17) is 4.74 Å². The summed E-state index contributed by atoms with van der Waals surface area (Å²) in [5.41, 5.74) is 1.24. The molecule has 0 atom stereocenters. The van der Waals surface area contributed by atoms with E-state index >= 15 is 0 Å². The summed E-state index contributed by atoms with van der Waals surface area (Å²) in [5.74, 6) is 0. The van der Waals surface area contributed by atoms with Gasteiger partial charge in [0.05, 0.1) is 24.9 Å². The van der Waals surface area contributed by atoms with E-state index in [9.17, 15) is 0 Å². The van der Waals surface area contributed by atoms with E-state index < -0.39 is 0 Å². The summed E-state index contributed by atoms with van der Waals surface area (Å²) in [4.78, 5) is 4.15. The largest absolute Gasteiger partial charge is 0.502 e. The lowest BCUT2D eigenvalue weighted by atomic mass is 10.4. The highest BCUT2D eigenvalue weighted by atomic mass is 16.5. The first-order valence-corrected chi connectivity index (χ1v) is 5.80. The molecule has 0 saturated heterocycles. The zero-order valence-electron chi connectivity index (χ0n) is 9.98. The molecule has 0 aliphatic rings. The molecule has 1 rings (SSSR count). The van der Waals surface area contributed by atoms with Gasteiger partial charge >= 0.3 is 0 Å². The Morgan fingerprint density at radius 3 is 3.25 bits per heavy atom. The summed E-state index contributed by atoms with van der Waals surface area (Å²) in [7, 11) is 0. The van der Waals surface area contributed by atoms with Crippen molar-refractivity contribution in [3.05, 3.63) is 31.1 Å². The highest BCUT2D eigenvalue weighted by molar-refractivity contribution is 4.97. The Hall–Kier alpha value is -1.29. The second-order valence-electron chi connectivity index (χ2n) is 3.65. The van der Waals surface area contributed by atoms with E-state index in [0.717, 1.165) is 39.1 Å². The van der Waals surface area contributed by atoms with Crippen LogP contribution in [0, 0.1) is 0 Å². The zero-order chi connectivity index (χ0) is 11.6. The van der Waals surface area contributed by atoms with Crippen molar-refractivity contribution in [1.82, 2.24) is 14.9 Å². The Bertz CT molecular complexity index is 296. The van der Waals surface area contributed by atoms with E-state index in [1.165, 1.54) is 12.0 Å². The summed E-state index contributed by atoms with van der Waals surface area (Å²) in [6.07, 6.45) is 7.42. The molecule has 90 valence electrons. The maximum atomic E-state index is 5.04. The number of hydrogen-bond donors (Lipinski definition) is 1. The molecule has 1 heterocycles. The van der Waals surface area contributed by atoms with Crippen LogP contribution in [0.3, 0.4) is 0 Å². The fourth-order valence-electron chi connectivity index (χ4n) is 1.52. The molecule has 4 nitrogen and oxygen atoms in total. The van der Waals surface area contributed by atoms with Gasteiger partial charge in [-0.15, -0.1) is 0 Å². The van der Waals surface area contributed by atoms with E-state index in [2.05, 4.69) is 28.4 Å². The third-order valence-corrected chi connectivity index (χ3v) is 2.30. The second kappa shape index (κ2) is 7.93. The topological polar surface area (TPSA) is 39.1 Å². The Labute approximate surface area is 97.3 Å². The Kier molecular flexibility index (Phi) is 6.33. The molecular weight excluding hydrogens is 202 g/mol. The molecule has 16 heavy (non-hydrogen) atoms. The number of nitrogens with one attached hydrogen (secondary N) is 1. The van der Waals surface area contributed by atoms with Crippen molar-refractivity contribution in [2.45, 2.75) is 32.9 Å². The van der Waals surface area contributed by atoms with Gasteiger partial charge in [0.2, 0.25) is 0 Å². The monoisotopic (exact) mass is 223 g/mol. The molecule has 0 amide bonds. The van der Waals surface area contributed by atoms with E-state index in [1.807, 2.05) is 12.5 Å². The molecule has 1 N–H and O–H groups in total. The standard InChI is InChI=1S/C12H21N3O/c1-3-7-15-11-14-10-12(15)9-13-6-5-8-16-4-2/h4,10-11,13H,2-3,5-9H2,1H3. The highest BCUT2D eigenvalue weighted by Gasteiger charge is 1.99. The molecular formula is C12H21N3O. The predicted molar refractivity (Wildman–Crippen MR) is 65.0 cm³/mol. The molecule has 0 fully saturated rings. The summed E-state index contributed by atoms with van der Waals surface area (Å²) < 4.78 is 7.23. The van der Waals surface area contributed by atoms with Gasteiger partial charge in [-0.1, -0.05) is 13.5 Å². The van der Waals surface area contributed by atoms with Gasteiger partial charge in [0.25, 0.3) is 0 Å². The minimum Gasteiger partial charge on any atom is -0.502 e. The number of rotatable bonds is 9. The normalized spacial score (nSPS) is 10.3. The first-order valence-electron chi connectivity index (χ1n) is 5.80. The minimum absolute atomic E-state index is 0.727. The molecule has 1 aromatic heterocycles. The van der Waals surface area contributed by atoms with E-state index in [-0.39, 0.29) is 0 Å². The van der Waals surface area contributed by atoms with Crippen LogP contribution in [0.2, 0.25) is 0 Å². The van der Waals surface area contributed by atoms with Crippen molar-refractivity contribution < 1.29 is 4.74 Å². The van der Waals surface area contributed by atoms with Crippen LogP contribution in [0.4, 0.5) is 0 Å². The van der Waals surface area contributed by atoms with E-state index in [0.29, 0.717) is 0 Å². The third kappa shape index (κ3) is 4.49. The molecule has 0 radical (unpaired) electrons. The maximum Gasteiger partial charge on any atom is 0.0948 e. The molecule has 0 aromatic carbocycles. The van der Waals surface area contributed by atoms with Gasteiger partial charge in [-0.05, 0) is 19.4 Å². The fourth-order valence-corrected chi connectivity index (χ4v) is 1.52. The average molecular weight is 223 g/mol. The molecule has 4 heteroatoms. The van der Waals surface area contributed by atoms with Crippen molar-refractivity contribution in [3.63, 3.8) is 0 Å². The maximum absolute atomic E-state index is 5.04. The Balaban J connectivity index is 2.16. The van der Waals surface area contributed by atoms with Crippen LogP contribution in [0.1, 0.15) is 25.5 Å². The minimum atomic E-state index is 0.727. The molecule has 0 bridgehead atoms. The third-order valence-electron chi connectivity index (χ3n) is 2.30. The van der Waals surface area contributed by atoms with Crippen LogP contribution >= 0.6 is 0 Å². The molecule has 1 aromatic rings. The smallest absolute Gasteiger partial charge is 0.0948 e. The van der Waals surface area contributed by atoms with Crippen LogP contribution in [-0.2, 0) is 17.8 Å². The Morgan fingerprint density at radius 2 is 2.50 bits per heavy atom. The van der Waals surface area contributed by atoms with Crippen molar-refractivity contribution in [2.24, 2.45) is 0 Å². The molecule has 0 unspecified atom stereocenters. The van der Waals surface area contributed by atoms with Gasteiger partial charge in [-0.2, -0.15) is 0 Å². The number of aryl methyl sites for hydroxylation is 1. The van der Waals surface area contributed by atoms with Gasteiger partial charge in [0.15, 0.2) is 0 Å². The van der Waals surface area contributed by atoms with Crippen molar-refractivity contribution in [3.8, 4) is 0 Å². The van der Waals surface area contributed by atoms with Crippen molar-refractivity contribution in [1.29, 1.82) is 0 Å². The first kappa shape index (κ1) is 12.8. The zero-order valence-corrected chi connectivity index (χ0v) is 9.98. The lowest BCUT2D eigenvalue weighted by Crippen LogP contribution is -2.18. The lowest BCUT2D eigenvalue weighted by molar-refractivity contribution is 0.244.